The van der Waals surface area contributed by atoms with Crippen molar-refractivity contribution in [2.24, 2.45) is 16.2 Å². The van der Waals surface area contributed by atoms with E-state index in [2.05, 4.69) is 80.1 Å². The van der Waals surface area contributed by atoms with Crippen molar-refractivity contribution in [1.29, 1.82) is 0 Å². The van der Waals surface area contributed by atoms with Crippen LogP contribution < -0.4 is 10.2 Å². The first-order valence-electron chi connectivity index (χ1n) is 19.3. The van der Waals surface area contributed by atoms with Crippen molar-refractivity contribution in [3.63, 3.8) is 0 Å². The molecule has 2 N–H and O–H groups in total. The van der Waals surface area contributed by atoms with Gasteiger partial charge in [-0.3, -0.25) is 4.68 Å². The van der Waals surface area contributed by atoms with Gasteiger partial charge < -0.3 is 20.1 Å². The summed E-state index contributed by atoms with van der Waals surface area (Å²) in [7, 11) is 2.09. The number of carboxylic acid groups (broad SMARTS) is 1. The number of hydrogen-bond acceptors (Lipinski definition) is 11. The highest BCUT2D eigenvalue weighted by Gasteiger charge is 2.66. The lowest BCUT2D eigenvalue weighted by atomic mass is 9.39. The van der Waals surface area contributed by atoms with Crippen LogP contribution in [0.25, 0.3) is 21.3 Å². The first-order valence-corrected chi connectivity index (χ1v) is 21.1. The Morgan fingerprint density at radius 2 is 1.80 bits per heavy atom. The number of carboxylic acids is 1. The lowest BCUT2D eigenvalue weighted by molar-refractivity contribution is -0.248. The van der Waals surface area contributed by atoms with Gasteiger partial charge in [0.05, 0.1) is 28.6 Å². The van der Waals surface area contributed by atoms with Gasteiger partial charge in [-0.05, 0) is 113 Å². The summed E-state index contributed by atoms with van der Waals surface area (Å²) in [4.78, 5) is 24.4. The average molecular weight is 874 g/mol. The fraction of sp³-hybridized carbons (Fsp3) is 0.512. The SMILES string of the molecule is Cc1c(Nc2nc3ccccc3s2)nnc2c1CCCN2c1ccc(-c2cnn(CC34CC5(OCCN(C)I)C[C@](C)(C3)C[C@](C)(C4)C5)c2C)c(C(=O)O)n1. The number of fused-ring (bicyclic) bond motifs is 2. The lowest BCUT2D eigenvalue weighted by Crippen LogP contribution is -2.64. The van der Waals surface area contributed by atoms with Crippen molar-refractivity contribution in [3.8, 4) is 11.1 Å². The van der Waals surface area contributed by atoms with Gasteiger partial charge in [0.25, 0.3) is 0 Å². The number of rotatable bonds is 11. The first kappa shape index (κ1) is 36.9. The van der Waals surface area contributed by atoms with E-state index >= 15 is 0 Å². The van der Waals surface area contributed by atoms with Crippen molar-refractivity contribution in [3.05, 3.63) is 65.1 Å². The van der Waals surface area contributed by atoms with Crippen LogP contribution in [0.3, 0.4) is 0 Å². The van der Waals surface area contributed by atoms with E-state index in [-0.39, 0.29) is 27.5 Å². The highest BCUT2D eigenvalue weighted by molar-refractivity contribution is 14.1. The zero-order valence-corrected chi connectivity index (χ0v) is 35.1. The molecule has 14 heteroatoms. The Kier molecular flexibility index (Phi) is 9.02. The Labute approximate surface area is 339 Å². The summed E-state index contributed by atoms with van der Waals surface area (Å²) in [5.41, 5.74) is 5.81. The van der Waals surface area contributed by atoms with E-state index in [1.807, 2.05) is 48.4 Å². The average Bonchev–Trinajstić information content (AvgIpc) is 3.69. The van der Waals surface area contributed by atoms with Gasteiger partial charge in [-0.2, -0.15) is 5.10 Å². The molecule has 4 saturated carbocycles. The molecule has 0 saturated heterocycles. The van der Waals surface area contributed by atoms with E-state index in [1.54, 1.807) is 11.3 Å². The van der Waals surface area contributed by atoms with Crippen LogP contribution in [0.4, 0.5) is 22.6 Å². The van der Waals surface area contributed by atoms with E-state index in [0.29, 0.717) is 29.6 Å². The predicted octanol–water partition coefficient (Wildman–Crippen LogP) is 8.91. The molecule has 5 heterocycles. The van der Waals surface area contributed by atoms with Gasteiger partial charge in [-0.25, -0.2) is 17.9 Å². The van der Waals surface area contributed by atoms with Gasteiger partial charge in [-0.15, -0.1) is 10.2 Å². The number of ether oxygens (including phenoxy) is 1. The number of aromatic carboxylic acids is 1. The molecule has 4 aromatic heterocycles. The van der Waals surface area contributed by atoms with Crippen LogP contribution in [0.5, 0.6) is 0 Å². The summed E-state index contributed by atoms with van der Waals surface area (Å²) in [6, 6.07) is 11.8. The van der Waals surface area contributed by atoms with Crippen LogP contribution in [-0.2, 0) is 17.7 Å². The molecule has 0 spiro atoms. The normalized spacial score (nSPS) is 26.9. The first-order chi connectivity index (χ1) is 26.2. The van der Waals surface area contributed by atoms with Crippen LogP contribution in [0.1, 0.15) is 86.1 Å². The number of benzene rings is 1. The molecular weight excluding hydrogens is 825 g/mol. The maximum atomic E-state index is 12.9. The summed E-state index contributed by atoms with van der Waals surface area (Å²) >= 11 is 3.91. The monoisotopic (exact) mass is 873 g/mol. The van der Waals surface area contributed by atoms with Gasteiger partial charge in [0, 0.05) is 70.4 Å². The minimum atomic E-state index is -1.07. The molecule has 10 rings (SSSR count). The van der Waals surface area contributed by atoms with Gasteiger partial charge >= 0.3 is 5.97 Å². The van der Waals surface area contributed by atoms with Crippen LogP contribution in [0.15, 0.2) is 42.6 Å². The van der Waals surface area contributed by atoms with E-state index in [9.17, 15) is 9.90 Å². The summed E-state index contributed by atoms with van der Waals surface area (Å²) in [6.07, 6.45) is 10.4. The number of likely N-dealkylation sites (N-methyl/N-ethyl adjacent to an activating group) is 1. The van der Waals surface area contributed by atoms with E-state index in [1.165, 1.54) is 6.42 Å². The maximum absolute atomic E-state index is 12.9. The standard InChI is InChI=1S/C41H48IN9O3S/c1-25-27-9-8-14-50(35(27)48-47-34(25)46-37-44-30-10-6-7-11-31(30)55-37)32-13-12-28(33(45-32)36(52)53)29-17-43-51(26(29)2)24-40-19-38(3)18-39(4,20-40)22-41(21-38,23-40)54-16-15-49(5)42/h6-7,10-13,17H,8-9,14-16,18-24H2,1-5H3,(H,52,53)(H,44,46,47)/t38-,39+,40?,41?. The number of nitrogens with one attached hydrogen (secondary N) is 1. The van der Waals surface area contributed by atoms with Crippen LogP contribution in [-0.4, -0.2) is 76.5 Å². The van der Waals surface area contributed by atoms with Gasteiger partial charge in [-0.1, -0.05) is 37.3 Å². The van der Waals surface area contributed by atoms with Crippen molar-refractivity contribution in [2.75, 3.05) is 37.0 Å². The van der Waals surface area contributed by atoms with Gasteiger partial charge in [0.2, 0.25) is 0 Å². The molecule has 2 unspecified atom stereocenters. The molecular formula is C41H48IN9O3S. The number of halogens is 1. The van der Waals surface area contributed by atoms with Gasteiger partial charge in [0.1, 0.15) is 5.82 Å². The summed E-state index contributed by atoms with van der Waals surface area (Å²) in [6.45, 7) is 12.2. The molecule has 4 fully saturated rings. The Hall–Kier alpha value is -3.73. The van der Waals surface area contributed by atoms with Crippen LogP contribution in [0, 0.1) is 30.1 Å². The molecule has 1 aromatic carbocycles. The highest BCUT2D eigenvalue weighted by Crippen LogP contribution is 2.72. The number of nitrogens with zero attached hydrogens (tertiary/aromatic N) is 8. The third-order valence-corrected chi connectivity index (χ3v) is 14.0. The molecule has 0 amide bonds. The number of thiazole rings is 1. The lowest BCUT2D eigenvalue weighted by Gasteiger charge is -2.69. The number of hydrogen-bond donors (Lipinski definition) is 2. The fourth-order valence-corrected chi connectivity index (χ4v) is 12.7. The molecule has 4 bridgehead atoms. The Bertz CT molecular complexity index is 2270. The van der Waals surface area contributed by atoms with E-state index in [4.69, 9.17) is 19.8 Å². The maximum Gasteiger partial charge on any atom is 0.355 e. The summed E-state index contributed by atoms with van der Waals surface area (Å²) in [5, 5.41) is 28.9. The second-order valence-corrected chi connectivity index (χ2v) is 20.2. The minimum absolute atomic E-state index is 0.00786. The predicted molar refractivity (Wildman–Crippen MR) is 224 cm³/mol. The zero-order valence-electron chi connectivity index (χ0n) is 32.2. The number of carbonyl (C=O) groups is 1. The Morgan fingerprint density at radius 3 is 2.55 bits per heavy atom. The molecule has 288 valence electrons. The number of pyridine rings is 1. The molecule has 0 radical (unpaired) electrons. The molecule has 12 nitrogen and oxygen atoms in total. The fourth-order valence-electron chi connectivity index (χ4n) is 11.7. The summed E-state index contributed by atoms with van der Waals surface area (Å²) < 4.78 is 12.3. The Morgan fingerprint density at radius 1 is 1.02 bits per heavy atom. The van der Waals surface area contributed by atoms with Crippen molar-refractivity contribution in [2.45, 2.75) is 91.2 Å². The quantitative estimate of drug-likeness (QED) is 0.0974. The third-order valence-electron chi connectivity index (χ3n) is 12.6. The van der Waals surface area contributed by atoms with E-state index in [0.717, 1.165) is 102 Å². The summed E-state index contributed by atoms with van der Waals surface area (Å²) in [5.74, 6) is 0.851. The topological polar surface area (TPSA) is 134 Å². The molecule has 1 aliphatic heterocycles. The van der Waals surface area contributed by atoms with Crippen molar-refractivity contribution in [1.82, 2.24) is 33.1 Å². The second-order valence-electron chi connectivity index (χ2n) is 17.6. The number of aromatic nitrogens is 6. The van der Waals surface area contributed by atoms with Crippen molar-refractivity contribution >= 4 is 73.0 Å². The molecule has 4 atom stereocenters. The van der Waals surface area contributed by atoms with E-state index < -0.39 is 5.97 Å². The second kappa shape index (κ2) is 13.4. The third kappa shape index (κ3) is 6.69. The number of para-hydroxylation sites is 1. The van der Waals surface area contributed by atoms with Crippen LogP contribution >= 0.6 is 34.2 Å². The van der Waals surface area contributed by atoms with Crippen molar-refractivity contribution < 1.29 is 14.6 Å². The molecule has 4 aliphatic carbocycles. The largest absolute Gasteiger partial charge is 0.476 e. The Balaban J connectivity index is 0.985. The molecule has 5 aliphatic rings. The molecule has 55 heavy (non-hydrogen) atoms. The zero-order chi connectivity index (χ0) is 38.3. The molecule has 5 aromatic rings. The number of anilines is 4. The van der Waals surface area contributed by atoms with Gasteiger partial charge in [0.15, 0.2) is 22.5 Å². The smallest absolute Gasteiger partial charge is 0.355 e. The minimum Gasteiger partial charge on any atom is -0.476 e. The van der Waals surface area contributed by atoms with Crippen LogP contribution in [0.2, 0.25) is 0 Å². The highest BCUT2D eigenvalue weighted by atomic mass is 127.